The van der Waals surface area contributed by atoms with Crippen molar-refractivity contribution < 1.29 is 9.53 Å². The second-order valence-corrected chi connectivity index (χ2v) is 6.92. The van der Waals surface area contributed by atoms with Gasteiger partial charge in [0, 0.05) is 45.1 Å². The summed E-state index contributed by atoms with van der Waals surface area (Å²) >= 11 is 0. The molecule has 3 rings (SSSR count). The summed E-state index contributed by atoms with van der Waals surface area (Å²) in [5.74, 6) is 1.22. The van der Waals surface area contributed by atoms with Crippen molar-refractivity contribution in [2.75, 3.05) is 44.2 Å². The Morgan fingerprint density at radius 2 is 1.90 bits per heavy atom. The Kier molecular flexibility index (Phi) is 7.36. The van der Waals surface area contributed by atoms with E-state index >= 15 is 0 Å². The normalized spacial score (nSPS) is 15.4. The van der Waals surface area contributed by atoms with Gasteiger partial charge in [-0.2, -0.15) is 5.26 Å². The number of piperazine rings is 1. The van der Waals surface area contributed by atoms with Crippen molar-refractivity contribution in [1.29, 1.82) is 5.26 Å². The topological polar surface area (TPSA) is 94.4 Å². The number of amides is 1. The lowest BCUT2D eigenvalue weighted by molar-refractivity contribution is -0.127. The number of nitrogens with zero attached hydrogens (tertiary/aromatic N) is 5. The van der Waals surface area contributed by atoms with E-state index in [1.807, 2.05) is 6.07 Å². The fourth-order valence-electron chi connectivity index (χ4n) is 3.15. The van der Waals surface area contributed by atoms with E-state index in [-0.39, 0.29) is 5.91 Å². The van der Waals surface area contributed by atoms with Crippen LogP contribution in [0.5, 0.6) is 5.75 Å². The van der Waals surface area contributed by atoms with Crippen LogP contribution in [0.2, 0.25) is 0 Å². The van der Waals surface area contributed by atoms with Gasteiger partial charge in [0.25, 0.3) is 5.91 Å². The maximum atomic E-state index is 12.2. The van der Waals surface area contributed by atoms with E-state index in [9.17, 15) is 4.79 Å². The predicted molar refractivity (Wildman–Crippen MR) is 110 cm³/mol. The highest BCUT2D eigenvalue weighted by Crippen LogP contribution is 2.13. The fourth-order valence-corrected chi connectivity index (χ4v) is 3.15. The smallest absolute Gasteiger partial charge is 0.260 e. The van der Waals surface area contributed by atoms with E-state index in [0.29, 0.717) is 17.9 Å². The number of rotatable bonds is 8. The molecule has 152 valence electrons. The van der Waals surface area contributed by atoms with E-state index in [2.05, 4.69) is 31.2 Å². The first-order valence-electron chi connectivity index (χ1n) is 9.84. The first kappa shape index (κ1) is 20.6. The van der Waals surface area contributed by atoms with Crippen molar-refractivity contribution in [3.63, 3.8) is 0 Å². The third-order valence-electron chi connectivity index (χ3n) is 4.82. The number of benzene rings is 1. The molecule has 1 aliphatic rings. The van der Waals surface area contributed by atoms with Gasteiger partial charge in [0.2, 0.25) is 5.95 Å². The second-order valence-electron chi connectivity index (χ2n) is 6.92. The molecule has 1 N–H and O–H groups in total. The van der Waals surface area contributed by atoms with Crippen LogP contribution in [0.25, 0.3) is 0 Å². The molecule has 1 unspecified atom stereocenters. The Morgan fingerprint density at radius 1 is 1.21 bits per heavy atom. The number of ether oxygens (including phenoxy) is 1. The lowest BCUT2D eigenvalue weighted by atomic mass is 10.2. The summed E-state index contributed by atoms with van der Waals surface area (Å²) in [7, 11) is 0. The first-order valence-corrected chi connectivity index (χ1v) is 9.84. The minimum absolute atomic E-state index is 0.139. The Bertz CT molecular complexity index is 813. The average Bonchev–Trinajstić information content (AvgIpc) is 2.78. The first-order chi connectivity index (χ1) is 14.2. The minimum Gasteiger partial charge on any atom is -0.481 e. The molecule has 8 heteroatoms. The molecule has 1 saturated heterocycles. The zero-order valence-electron chi connectivity index (χ0n) is 16.6. The summed E-state index contributed by atoms with van der Waals surface area (Å²) in [6.07, 6.45) is 3.83. The number of hydrogen-bond donors (Lipinski definition) is 1. The SMILES string of the molecule is CC(Oc1ccc(C#N)cc1)C(=O)NCCCN1CCN(c2ncccn2)CC1. The fraction of sp³-hybridized carbons (Fsp3) is 0.429. The predicted octanol–water partition coefficient (Wildman–Crippen LogP) is 1.44. The highest BCUT2D eigenvalue weighted by Gasteiger charge is 2.19. The molecule has 1 aromatic heterocycles. The molecule has 0 aliphatic carbocycles. The molecule has 1 atom stereocenters. The van der Waals surface area contributed by atoms with Crippen LogP contribution in [-0.2, 0) is 4.79 Å². The van der Waals surface area contributed by atoms with Crippen molar-refractivity contribution in [2.45, 2.75) is 19.4 Å². The molecule has 1 fully saturated rings. The summed E-state index contributed by atoms with van der Waals surface area (Å²) in [4.78, 5) is 25.4. The van der Waals surface area contributed by atoms with Crippen molar-refractivity contribution in [1.82, 2.24) is 20.2 Å². The van der Waals surface area contributed by atoms with Gasteiger partial charge in [-0.15, -0.1) is 0 Å². The van der Waals surface area contributed by atoms with Gasteiger partial charge in [-0.1, -0.05) is 0 Å². The summed E-state index contributed by atoms with van der Waals surface area (Å²) in [6.45, 7) is 7.02. The lowest BCUT2D eigenvalue weighted by Gasteiger charge is -2.34. The average molecular weight is 394 g/mol. The van der Waals surface area contributed by atoms with Crippen LogP contribution in [0.3, 0.4) is 0 Å². The molecule has 2 heterocycles. The summed E-state index contributed by atoms with van der Waals surface area (Å²) in [6, 6.07) is 10.6. The maximum absolute atomic E-state index is 12.2. The third-order valence-corrected chi connectivity index (χ3v) is 4.82. The van der Waals surface area contributed by atoms with Gasteiger partial charge in [0.05, 0.1) is 11.6 Å². The number of aromatic nitrogens is 2. The zero-order valence-corrected chi connectivity index (χ0v) is 16.6. The van der Waals surface area contributed by atoms with Gasteiger partial charge in [-0.05, 0) is 50.2 Å². The number of hydrogen-bond acceptors (Lipinski definition) is 7. The van der Waals surface area contributed by atoms with Gasteiger partial charge >= 0.3 is 0 Å². The molecule has 0 radical (unpaired) electrons. The second kappa shape index (κ2) is 10.4. The highest BCUT2D eigenvalue weighted by atomic mass is 16.5. The molecule has 1 aliphatic heterocycles. The van der Waals surface area contributed by atoms with E-state index in [1.54, 1.807) is 43.6 Å². The minimum atomic E-state index is -0.586. The number of anilines is 1. The highest BCUT2D eigenvalue weighted by molar-refractivity contribution is 5.80. The van der Waals surface area contributed by atoms with Crippen molar-refractivity contribution in [3.8, 4) is 11.8 Å². The van der Waals surface area contributed by atoms with Crippen LogP contribution >= 0.6 is 0 Å². The van der Waals surface area contributed by atoms with Gasteiger partial charge in [-0.3, -0.25) is 9.69 Å². The molecule has 29 heavy (non-hydrogen) atoms. The molecule has 8 nitrogen and oxygen atoms in total. The molecule has 1 amide bonds. The van der Waals surface area contributed by atoms with Gasteiger partial charge in [0.15, 0.2) is 6.10 Å². The number of nitriles is 1. The van der Waals surface area contributed by atoms with E-state index in [0.717, 1.165) is 45.1 Å². The number of nitrogens with one attached hydrogen (secondary N) is 1. The van der Waals surface area contributed by atoms with Crippen molar-refractivity contribution >= 4 is 11.9 Å². The van der Waals surface area contributed by atoms with Crippen LogP contribution in [-0.4, -0.2) is 66.1 Å². The Balaban J connectivity index is 1.31. The van der Waals surface area contributed by atoms with Gasteiger partial charge in [-0.25, -0.2) is 9.97 Å². The molecule has 0 bridgehead atoms. The monoisotopic (exact) mass is 394 g/mol. The quantitative estimate of drug-likeness (QED) is 0.677. The van der Waals surface area contributed by atoms with Gasteiger partial charge in [0.1, 0.15) is 5.75 Å². The standard InChI is InChI=1S/C21H26N6O2/c1-17(29-19-6-4-18(16-22)5-7-19)20(28)23-10-3-11-26-12-14-27(15-13-26)21-24-8-2-9-25-21/h2,4-9,17H,3,10-15H2,1H3,(H,23,28). The molecular weight excluding hydrogens is 368 g/mol. The molecule has 1 aromatic carbocycles. The zero-order chi connectivity index (χ0) is 20.5. The maximum Gasteiger partial charge on any atom is 0.260 e. The van der Waals surface area contributed by atoms with Crippen LogP contribution in [0.1, 0.15) is 18.9 Å². The van der Waals surface area contributed by atoms with E-state index in [4.69, 9.17) is 10.00 Å². The van der Waals surface area contributed by atoms with Crippen molar-refractivity contribution in [2.24, 2.45) is 0 Å². The lowest BCUT2D eigenvalue weighted by Crippen LogP contribution is -2.47. The Morgan fingerprint density at radius 3 is 2.55 bits per heavy atom. The number of carbonyl (C=O) groups excluding carboxylic acids is 1. The van der Waals surface area contributed by atoms with E-state index < -0.39 is 6.10 Å². The third kappa shape index (κ3) is 6.16. The van der Waals surface area contributed by atoms with E-state index in [1.165, 1.54) is 0 Å². The van der Waals surface area contributed by atoms with Crippen LogP contribution in [0.15, 0.2) is 42.7 Å². The molecule has 2 aromatic rings. The summed E-state index contributed by atoms with van der Waals surface area (Å²) in [5, 5.41) is 11.7. The Hall–Kier alpha value is -3.18. The van der Waals surface area contributed by atoms with Gasteiger partial charge < -0.3 is 15.0 Å². The van der Waals surface area contributed by atoms with Crippen molar-refractivity contribution in [3.05, 3.63) is 48.3 Å². The number of carbonyl (C=O) groups is 1. The summed E-state index contributed by atoms with van der Waals surface area (Å²) < 4.78 is 5.63. The molecule has 0 saturated carbocycles. The Labute approximate surface area is 171 Å². The molecular formula is C21H26N6O2. The van der Waals surface area contributed by atoms with Crippen LogP contribution in [0.4, 0.5) is 5.95 Å². The molecule has 0 spiro atoms. The van der Waals surface area contributed by atoms with Crippen LogP contribution in [0, 0.1) is 11.3 Å². The largest absolute Gasteiger partial charge is 0.481 e. The summed E-state index contributed by atoms with van der Waals surface area (Å²) in [5.41, 5.74) is 0.562. The van der Waals surface area contributed by atoms with Crippen LogP contribution < -0.4 is 15.0 Å².